The van der Waals surface area contributed by atoms with Gasteiger partial charge < -0.3 is 14.4 Å². The van der Waals surface area contributed by atoms with Gasteiger partial charge in [0.1, 0.15) is 12.0 Å². The molecule has 2 bridgehead atoms. The Morgan fingerprint density at radius 1 is 1.17 bits per heavy atom. The van der Waals surface area contributed by atoms with Crippen LogP contribution < -0.4 is 9.64 Å². The number of ether oxygens (including phenoxy) is 2. The average Bonchev–Trinajstić information content (AvgIpc) is 3.57. The van der Waals surface area contributed by atoms with Crippen molar-refractivity contribution in [2.24, 2.45) is 5.92 Å². The zero-order chi connectivity index (χ0) is 20.9. The largest absolute Gasteiger partial charge is 0.495 e. The van der Waals surface area contributed by atoms with E-state index in [1.807, 2.05) is 31.3 Å². The fourth-order valence-electron chi connectivity index (χ4n) is 5.10. The van der Waals surface area contributed by atoms with E-state index in [0.29, 0.717) is 18.2 Å². The van der Waals surface area contributed by atoms with Crippen molar-refractivity contribution in [1.82, 2.24) is 4.90 Å². The second kappa shape index (κ2) is 9.97. The van der Waals surface area contributed by atoms with E-state index >= 15 is 0 Å². The smallest absolute Gasteiger partial charge is 0.147 e. The predicted molar refractivity (Wildman–Crippen MR) is 120 cm³/mol. The number of piperidine rings is 1. The first-order chi connectivity index (χ1) is 14.7. The van der Waals surface area contributed by atoms with Gasteiger partial charge in [-0.05, 0) is 69.9 Å². The number of rotatable bonds is 11. The Labute approximate surface area is 181 Å². The summed E-state index contributed by atoms with van der Waals surface area (Å²) in [6.07, 6.45) is 12.1. The lowest BCUT2D eigenvalue weighted by atomic mass is 9.99. The van der Waals surface area contributed by atoms with Gasteiger partial charge in [0.2, 0.25) is 0 Å². The molecule has 1 aromatic rings. The number of anilines is 1. The van der Waals surface area contributed by atoms with Crippen LogP contribution in [0.4, 0.5) is 5.69 Å². The van der Waals surface area contributed by atoms with Crippen LogP contribution in [0, 0.1) is 5.92 Å². The van der Waals surface area contributed by atoms with Gasteiger partial charge in [0.15, 0.2) is 0 Å². The summed E-state index contributed by atoms with van der Waals surface area (Å²) >= 11 is 0. The molecule has 3 fully saturated rings. The van der Waals surface area contributed by atoms with Gasteiger partial charge in [-0.3, -0.25) is 9.69 Å². The Balaban J connectivity index is 1.33. The summed E-state index contributed by atoms with van der Waals surface area (Å²) in [5, 5.41) is 0. The molecule has 2 heterocycles. The van der Waals surface area contributed by atoms with Crippen molar-refractivity contribution in [2.45, 2.75) is 70.1 Å². The van der Waals surface area contributed by atoms with Crippen molar-refractivity contribution in [3.05, 3.63) is 36.0 Å². The number of aldehydes is 1. The third-order valence-electron chi connectivity index (χ3n) is 6.86. The Bertz CT molecular complexity index is 732. The van der Waals surface area contributed by atoms with Gasteiger partial charge in [-0.1, -0.05) is 12.1 Å². The van der Waals surface area contributed by atoms with Crippen LogP contribution in [0.5, 0.6) is 5.75 Å². The fraction of sp³-hybridized carbons (Fsp3) is 0.640. The molecule has 2 aliphatic heterocycles. The van der Waals surface area contributed by atoms with Gasteiger partial charge in [-0.2, -0.15) is 0 Å². The Morgan fingerprint density at radius 2 is 1.90 bits per heavy atom. The van der Waals surface area contributed by atoms with Gasteiger partial charge in [-0.25, -0.2) is 0 Å². The molecule has 0 spiro atoms. The van der Waals surface area contributed by atoms with E-state index in [1.165, 1.54) is 38.5 Å². The van der Waals surface area contributed by atoms with Crippen LogP contribution in [-0.4, -0.2) is 56.2 Å². The first-order valence-corrected chi connectivity index (χ1v) is 11.6. The van der Waals surface area contributed by atoms with Gasteiger partial charge in [0.05, 0.1) is 18.9 Å². The summed E-state index contributed by atoms with van der Waals surface area (Å²) in [5.74, 6) is 1.69. The average molecular weight is 413 g/mol. The molecular weight excluding hydrogens is 376 g/mol. The van der Waals surface area contributed by atoms with E-state index in [9.17, 15) is 4.79 Å². The highest BCUT2D eigenvalue weighted by Crippen LogP contribution is 2.38. The molecule has 5 heteroatoms. The van der Waals surface area contributed by atoms with Crippen LogP contribution in [0.25, 0.3) is 0 Å². The van der Waals surface area contributed by atoms with E-state index in [4.69, 9.17) is 9.47 Å². The molecule has 2 saturated heterocycles. The second-order valence-corrected chi connectivity index (χ2v) is 9.20. The number of fused-ring (bicyclic) bond motifs is 2. The van der Waals surface area contributed by atoms with Crippen LogP contribution in [0.3, 0.4) is 0 Å². The van der Waals surface area contributed by atoms with Crippen molar-refractivity contribution in [3.8, 4) is 5.75 Å². The number of para-hydroxylation sites is 2. The number of benzene rings is 1. The Morgan fingerprint density at radius 3 is 2.57 bits per heavy atom. The summed E-state index contributed by atoms with van der Waals surface area (Å²) < 4.78 is 11.8. The number of hydrogen-bond acceptors (Lipinski definition) is 5. The van der Waals surface area contributed by atoms with E-state index < -0.39 is 0 Å². The molecule has 0 amide bonds. The molecule has 3 aliphatic rings. The van der Waals surface area contributed by atoms with Gasteiger partial charge in [0, 0.05) is 43.6 Å². The quantitative estimate of drug-likeness (QED) is 0.398. The molecular formula is C25H36N2O3. The molecule has 5 nitrogen and oxygen atoms in total. The van der Waals surface area contributed by atoms with Crippen LogP contribution >= 0.6 is 0 Å². The topological polar surface area (TPSA) is 42.0 Å². The molecule has 30 heavy (non-hydrogen) atoms. The van der Waals surface area contributed by atoms with E-state index in [0.717, 1.165) is 55.3 Å². The van der Waals surface area contributed by atoms with E-state index in [2.05, 4.69) is 15.9 Å². The van der Waals surface area contributed by atoms with Gasteiger partial charge in [0.25, 0.3) is 0 Å². The third kappa shape index (κ3) is 5.25. The predicted octanol–water partition coefficient (Wildman–Crippen LogP) is 4.42. The lowest BCUT2D eigenvalue weighted by Crippen LogP contribution is -2.46. The molecule has 164 valence electrons. The molecule has 0 aromatic heterocycles. The second-order valence-electron chi connectivity index (χ2n) is 9.20. The molecule has 1 saturated carbocycles. The molecule has 2 unspecified atom stereocenters. The highest BCUT2D eigenvalue weighted by Gasteiger charge is 2.41. The van der Waals surface area contributed by atoms with Gasteiger partial charge in [-0.15, -0.1) is 0 Å². The number of carbonyl (C=O) groups excluding carboxylic acids is 1. The van der Waals surface area contributed by atoms with Crippen molar-refractivity contribution in [3.63, 3.8) is 0 Å². The SMILES string of the molecule is COc1ccccc1N(/C=C(\C)C=O)CCCN1C2CCC1CC(OCC1CC1)C2. The zero-order valence-corrected chi connectivity index (χ0v) is 18.5. The maximum absolute atomic E-state index is 11.2. The number of allylic oxidation sites excluding steroid dienone is 1. The minimum atomic E-state index is 0.475. The van der Waals surface area contributed by atoms with Crippen molar-refractivity contribution >= 4 is 12.0 Å². The maximum atomic E-state index is 11.2. The van der Waals surface area contributed by atoms with E-state index in [-0.39, 0.29) is 0 Å². The monoisotopic (exact) mass is 412 g/mol. The zero-order valence-electron chi connectivity index (χ0n) is 18.5. The highest BCUT2D eigenvalue weighted by atomic mass is 16.5. The normalized spacial score (nSPS) is 26.6. The Hall–Kier alpha value is -1.85. The number of nitrogens with zero attached hydrogens (tertiary/aromatic N) is 2. The van der Waals surface area contributed by atoms with Crippen LogP contribution in [-0.2, 0) is 9.53 Å². The molecule has 0 radical (unpaired) electrons. The molecule has 1 aliphatic carbocycles. The Kier molecular flexibility index (Phi) is 7.11. The van der Waals surface area contributed by atoms with E-state index in [1.54, 1.807) is 7.11 Å². The third-order valence-corrected chi connectivity index (χ3v) is 6.86. The highest BCUT2D eigenvalue weighted by molar-refractivity contribution is 5.74. The first-order valence-electron chi connectivity index (χ1n) is 11.6. The van der Waals surface area contributed by atoms with Crippen molar-refractivity contribution in [1.29, 1.82) is 0 Å². The van der Waals surface area contributed by atoms with Crippen molar-refractivity contribution in [2.75, 3.05) is 31.7 Å². The molecule has 2 atom stereocenters. The van der Waals surface area contributed by atoms with Crippen LogP contribution in [0.1, 0.15) is 51.9 Å². The van der Waals surface area contributed by atoms with Crippen molar-refractivity contribution < 1.29 is 14.3 Å². The fourth-order valence-corrected chi connectivity index (χ4v) is 5.10. The standard InChI is InChI=1S/C25H36N2O3/c1-19(17-28)16-26(24-6-3-4-7-25(24)29-2)12-5-13-27-21-10-11-22(27)15-23(14-21)30-18-20-8-9-20/h3-4,6-7,16-17,20-23H,5,8-15,18H2,1-2H3/b19-16+. The summed E-state index contributed by atoms with van der Waals surface area (Å²) in [5.41, 5.74) is 1.73. The maximum Gasteiger partial charge on any atom is 0.147 e. The molecule has 1 aromatic carbocycles. The molecule has 4 rings (SSSR count). The minimum absolute atomic E-state index is 0.475. The van der Waals surface area contributed by atoms with Crippen LogP contribution in [0.2, 0.25) is 0 Å². The summed E-state index contributed by atoms with van der Waals surface area (Å²) in [4.78, 5) is 16.1. The lowest BCUT2D eigenvalue weighted by Gasteiger charge is -2.39. The summed E-state index contributed by atoms with van der Waals surface area (Å²) in [6, 6.07) is 9.38. The summed E-state index contributed by atoms with van der Waals surface area (Å²) in [7, 11) is 1.69. The minimum Gasteiger partial charge on any atom is -0.495 e. The lowest BCUT2D eigenvalue weighted by molar-refractivity contribution is -0.104. The number of carbonyl (C=O) groups is 1. The first kappa shape index (κ1) is 21.4. The number of methoxy groups -OCH3 is 1. The van der Waals surface area contributed by atoms with Crippen LogP contribution in [0.15, 0.2) is 36.0 Å². The summed E-state index contributed by atoms with van der Waals surface area (Å²) in [6.45, 7) is 4.80. The molecule has 0 N–H and O–H groups in total. The van der Waals surface area contributed by atoms with Gasteiger partial charge >= 0.3 is 0 Å². The number of hydrogen-bond donors (Lipinski definition) is 0.